The lowest BCUT2D eigenvalue weighted by molar-refractivity contribution is 0.0952. The van der Waals surface area contributed by atoms with Gasteiger partial charge in [-0.3, -0.25) is 4.79 Å². The Kier molecular flexibility index (Phi) is 4.61. The highest BCUT2D eigenvalue weighted by molar-refractivity contribution is 5.95. The summed E-state index contributed by atoms with van der Waals surface area (Å²) < 4.78 is 5.26. The molecule has 20 heavy (non-hydrogen) atoms. The van der Waals surface area contributed by atoms with Crippen molar-refractivity contribution in [2.45, 2.75) is 33.6 Å². The van der Waals surface area contributed by atoms with Gasteiger partial charge in [-0.25, -0.2) is 0 Å². The van der Waals surface area contributed by atoms with Crippen LogP contribution in [0.15, 0.2) is 34.9 Å². The quantitative estimate of drug-likeness (QED) is 0.845. The predicted molar refractivity (Wildman–Crippen MR) is 80.0 cm³/mol. The molecule has 2 rings (SSSR count). The van der Waals surface area contributed by atoms with Gasteiger partial charge in [0, 0.05) is 18.5 Å². The van der Waals surface area contributed by atoms with E-state index >= 15 is 0 Å². The second-order valence-electron chi connectivity index (χ2n) is 5.19. The van der Waals surface area contributed by atoms with E-state index in [-0.39, 0.29) is 5.91 Å². The first kappa shape index (κ1) is 14.4. The Labute approximate surface area is 120 Å². The molecule has 0 saturated carbocycles. The maximum atomic E-state index is 12.2. The van der Waals surface area contributed by atoms with Crippen molar-refractivity contribution in [3.63, 3.8) is 0 Å². The summed E-state index contributed by atoms with van der Waals surface area (Å²) in [5.41, 5.74) is 4.16. The molecule has 0 spiro atoms. The van der Waals surface area contributed by atoms with Crippen LogP contribution in [0.1, 0.15) is 39.2 Å². The Balaban J connectivity index is 1.87. The van der Waals surface area contributed by atoms with Gasteiger partial charge in [0.25, 0.3) is 5.91 Å². The van der Waals surface area contributed by atoms with Crippen molar-refractivity contribution in [1.82, 2.24) is 5.32 Å². The van der Waals surface area contributed by atoms with Gasteiger partial charge >= 0.3 is 0 Å². The summed E-state index contributed by atoms with van der Waals surface area (Å²) in [5.74, 6) is 0.964. The largest absolute Gasteiger partial charge is 0.469 e. The monoisotopic (exact) mass is 271 g/mol. The molecule has 0 fully saturated rings. The molecule has 2 aromatic rings. The molecule has 0 aliphatic rings. The van der Waals surface area contributed by atoms with Crippen LogP contribution in [0, 0.1) is 20.8 Å². The van der Waals surface area contributed by atoms with Crippen molar-refractivity contribution >= 4 is 5.91 Å². The number of hydrogen-bond acceptors (Lipinski definition) is 2. The highest BCUT2D eigenvalue weighted by Crippen LogP contribution is 2.15. The molecule has 3 nitrogen and oxygen atoms in total. The number of furan rings is 1. The zero-order chi connectivity index (χ0) is 14.5. The van der Waals surface area contributed by atoms with Gasteiger partial charge in [-0.2, -0.15) is 0 Å². The SMILES string of the molecule is Cc1cc(C)c(C(=O)NCCCc2ccco2)cc1C. The summed E-state index contributed by atoms with van der Waals surface area (Å²) in [4.78, 5) is 12.2. The lowest BCUT2D eigenvalue weighted by Crippen LogP contribution is -2.25. The predicted octanol–water partition coefficient (Wildman–Crippen LogP) is 3.57. The molecule has 0 radical (unpaired) electrons. The lowest BCUT2D eigenvalue weighted by Gasteiger charge is -2.10. The van der Waals surface area contributed by atoms with Gasteiger partial charge in [-0.1, -0.05) is 6.07 Å². The minimum Gasteiger partial charge on any atom is -0.469 e. The lowest BCUT2D eigenvalue weighted by atomic mass is 10.0. The van der Waals surface area contributed by atoms with Crippen LogP contribution in [0.2, 0.25) is 0 Å². The number of aryl methyl sites for hydroxylation is 4. The Hall–Kier alpha value is -2.03. The molecule has 1 aromatic carbocycles. The molecule has 1 N–H and O–H groups in total. The van der Waals surface area contributed by atoms with E-state index in [4.69, 9.17) is 4.42 Å². The fourth-order valence-electron chi connectivity index (χ4n) is 2.22. The molecule has 1 heterocycles. The van der Waals surface area contributed by atoms with Crippen LogP contribution in [0.5, 0.6) is 0 Å². The van der Waals surface area contributed by atoms with Gasteiger partial charge in [0.05, 0.1) is 6.26 Å². The molecule has 0 aliphatic carbocycles. The van der Waals surface area contributed by atoms with Crippen LogP contribution in [0.25, 0.3) is 0 Å². The Morgan fingerprint density at radius 2 is 1.90 bits per heavy atom. The smallest absolute Gasteiger partial charge is 0.251 e. The van der Waals surface area contributed by atoms with E-state index in [1.54, 1.807) is 6.26 Å². The first-order chi connectivity index (χ1) is 9.58. The van der Waals surface area contributed by atoms with Crippen LogP contribution in [-0.2, 0) is 6.42 Å². The minimum absolute atomic E-state index is 0.00467. The average Bonchev–Trinajstić information content (AvgIpc) is 2.92. The van der Waals surface area contributed by atoms with Crippen LogP contribution < -0.4 is 5.32 Å². The van der Waals surface area contributed by atoms with E-state index in [1.807, 2.05) is 32.0 Å². The number of nitrogens with one attached hydrogen (secondary N) is 1. The zero-order valence-corrected chi connectivity index (χ0v) is 12.3. The number of rotatable bonds is 5. The maximum absolute atomic E-state index is 12.2. The fraction of sp³-hybridized carbons (Fsp3) is 0.353. The van der Waals surface area contributed by atoms with E-state index < -0.39 is 0 Å². The van der Waals surface area contributed by atoms with Crippen molar-refractivity contribution in [1.29, 1.82) is 0 Å². The molecule has 1 amide bonds. The third-order valence-electron chi connectivity index (χ3n) is 3.55. The molecule has 106 valence electrons. The topological polar surface area (TPSA) is 42.2 Å². The molecule has 3 heteroatoms. The highest BCUT2D eigenvalue weighted by atomic mass is 16.3. The molecule has 1 aromatic heterocycles. The van der Waals surface area contributed by atoms with Gasteiger partial charge in [-0.15, -0.1) is 0 Å². The third kappa shape index (κ3) is 3.50. The van der Waals surface area contributed by atoms with Crippen LogP contribution in [0.4, 0.5) is 0 Å². The second kappa shape index (κ2) is 6.42. The second-order valence-corrected chi connectivity index (χ2v) is 5.19. The summed E-state index contributed by atoms with van der Waals surface area (Å²) in [6.07, 6.45) is 3.40. The number of hydrogen-bond donors (Lipinski definition) is 1. The van der Waals surface area contributed by atoms with Gasteiger partial charge in [0.1, 0.15) is 5.76 Å². The molecule has 0 bridgehead atoms. The number of carbonyl (C=O) groups is 1. The van der Waals surface area contributed by atoms with Crippen LogP contribution >= 0.6 is 0 Å². The minimum atomic E-state index is 0.00467. The molecule has 0 atom stereocenters. The molecule has 0 unspecified atom stereocenters. The van der Waals surface area contributed by atoms with E-state index in [2.05, 4.69) is 18.3 Å². The normalized spacial score (nSPS) is 10.6. The van der Waals surface area contributed by atoms with E-state index in [9.17, 15) is 4.79 Å². The maximum Gasteiger partial charge on any atom is 0.251 e. The first-order valence-electron chi connectivity index (χ1n) is 6.96. The first-order valence-corrected chi connectivity index (χ1v) is 6.96. The number of carbonyl (C=O) groups excluding carboxylic acids is 1. The average molecular weight is 271 g/mol. The summed E-state index contributed by atoms with van der Waals surface area (Å²) in [6, 6.07) is 7.86. The van der Waals surface area contributed by atoms with Crippen molar-refractivity contribution in [3.8, 4) is 0 Å². The molecule has 0 aliphatic heterocycles. The van der Waals surface area contributed by atoms with E-state index in [0.29, 0.717) is 6.54 Å². The molecular formula is C17H21NO2. The summed E-state index contributed by atoms with van der Waals surface area (Å²) in [6.45, 7) is 6.73. The Morgan fingerprint density at radius 3 is 2.60 bits per heavy atom. The van der Waals surface area contributed by atoms with E-state index in [1.165, 1.54) is 5.56 Å². The number of amides is 1. The van der Waals surface area contributed by atoms with Crippen molar-refractivity contribution in [2.75, 3.05) is 6.54 Å². The van der Waals surface area contributed by atoms with Gasteiger partial charge in [0.15, 0.2) is 0 Å². The molecular weight excluding hydrogens is 250 g/mol. The van der Waals surface area contributed by atoms with Crippen molar-refractivity contribution < 1.29 is 9.21 Å². The van der Waals surface area contributed by atoms with Crippen molar-refractivity contribution in [2.24, 2.45) is 0 Å². The summed E-state index contributed by atoms with van der Waals surface area (Å²) >= 11 is 0. The zero-order valence-electron chi connectivity index (χ0n) is 12.3. The summed E-state index contributed by atoms with van der Waals surface area (Å²) in [7, 11) is 0. The van der Waals surface area contributed by atoms with Crippen molar-refractivity contribution in [3.05, 3.63) is 58.5 Å². The third-order valence-corrected chi connectivity index (χ3v) is 3.55. The number of benzene rings is 1. The Morgan fingerprint density at radius 1 is 1.15 bits per heavy atom. The highest BCUT2D eigenvalue weighted by Gasteiger charge is 2.10. The van der Waals surface area contributed by atoms with Gasteiger partial charge < -0.3 is 9.73 Å². The van der Waals surface area contributed by atoms with Gasteiger partial charge in [-0.05, 0) is 62.1 Å². The standard InChI is InChI=1S/C17H21NO2/c1-12-10-14(3)16(11-13(12)2)17(19)18-8-4-6-15-7-5-9-20-15/h5,7,9-11H,4,6,8H2,1-3H3,(H,18,19). The molecule has 0 saturated heterocycles. The van der Waals surface area contributed by atoms with E-state index in [0.717, 1.165) is 35.3 Å². The van der Waals surface area contributed by atoms with Crippen LogP contribution in [0.3, 0.4) is 0 Å². The Bertz CT molecular complexity index is 585. The van der Waals surface area contributed by atoms with Gasteiger partial charge in [0.2, 0.25) is 0 Å². The summed E-state index contributed by atoms with van der Waals surface area (Å²) in [5, 5.41) is 2.97. The van der Waals surface area contributed by atoms with Crippen LogP contribution in [-0.4, -0.2) is 12.5 Å². The fourth-order valence-corrected chi connectivity index (χ4v) is 2.22.